The number of nitrogens with zero attached hydrogens (tertiary/aromatic N) is 1. The van der Waals surface area contributed by atoms with Crippen LogP contribution in [0, 0.1) is 11.8 Å². The van der Waals surface area contributed by atoms with Gasteiger partial charge in [-0.15, -0.1) is 0 Å². The SMILES string of the molecule is CCC1=C2C(CC=C1)C(C)CC(C)(C)N2CCO. The second-order valence-corrected chi connectivity index (χ2v) is 6.38. The molecular formula is C16H27NO. The number of β-amino-alcohol motifs (C(OH)–C–C–N with tert-alkyl or cyclic N) is 1. The quantitative estimate of drug-likeness (QED) is 0.829. The van der Waals surface area contributed by atoms with E-state index >= 15 is 0 Å². The number of likely N-dealkylation sites (tertiary alicyclic amines) is 1. The molecule has 0 spiro atoms. The highest BCUT2D eigenvalue weighted by Crippen LogP contribution is 2.46. The Kier molecular flexibility index (Phi) is 3.86. The predicted octanol–water partition coefficient (Wildman–Crippen LogP) is 3.34. The van der Waals surface area contributed by atoms with E-state index in [2.05, 4.69) is 44.7 Å². The maximum Gasteiger partial charge on any atom is 0.0606 e. The minimum Gasteiger partial charge on any atom is -0.395 e. The molecule has 2 heteroatoms. The van der Waals surface area contributed by atoms with Crippen molar-refractivity contribution >= 4 is 0 Å². The lowest BCUT2D eigenvalue weighted by atomic mass is 9.71. The minimum atomic E-state index is 0.166. The lowest BCUT2D eigenvalue weighted by Crippen LogP contribution is -2.53. The average Bonchev–Trinajstić information content (AvgIpc) is 2.33. The van der Waals surface area contributed by atoms with Crippen LogP contribution in [-0.2, 0) is 0 Å². The summed E-state index contributed by atoms with van der Waals surface area (Å²) >= 11 is 0. The summed E-state index contributed by atoms with van der Waals surface area (Å²) in [5.41, 5.74) is 3.15. The van der Waals surface area contributed by atoms with Gasteiger partial charge < -0.3 is 10.0 Å². The molecule has 2 rings (SSSR count). The number of allylic oxidation sites excluding steroid dienone is 4. The van der Waals surface area contributed by atoms with Gasteiger partial charge in [-0.25, -0.2) is 0 Å². The van der Waals surface area contributed by atoms with Gasteiger partial charge in [0.2, 0.25) is 0 Å². The molecule has 0 aromatic rings. The molecule has 0 amide bonds. The molecule has 0 aromatic heterocycles. The molecule has 1 heterocycles. The van der Waals surface area contributed by atoms with E-state index in [1.807, 2.05) is 0 Å². The molecule has 2 atom stereocenters. The number of rotatable bonds is 3. The number of piperidine rings is 1. The minimum absolute atomic E-state index is 0.166. The number of aliphatic hydroxyl groups excluding tert-OH is 1. The Morgan fingerprint density at radius 2 is 2.17 bits per heavy atom. The molecule has 1 fully saturated rings. The van der Waals surface area contributed by atoms with E-state index in [1.54, 1.807) is 0 Å². The lowest BCUT2D eigenvalue weighted by Gasteiger charge is -2.53. The molecule has 1 aliphatic carbocycles. The van der Waals surface area contributed by atoms with E-state index in [0.717, 1.165) is 25.3 Å². The molecule has 0 bridgehead atoms. The third-order valence-electron chi connectivity index (χ3n) is 4.62. The highest BCUT2D eigenvalue weighted by molar-refractivity contribution is 5.33. The van der Waals surface area contributed by atoms with Crippen molar-refractivity contribution < 1.29 is 5.11 Å². The Morgan fingerprint density at radius 3 is 2.78 bits per heavy atom. The molecule has 0 saturated carbocycles. The zero-order valence-electron chi connectivity index (χ0n) is 12.2. The fraction of sp³-hybridized carbons (Fsp3) is 0.750. The first kappa shape index (κ1) is 13.7. The van der Waals surface area contributed by atoms with Crippen molar-refractivity contribution in [3.63, 3.8) is 0 Å². The topological polar surface area (TPSA) is 23.5 Å². The summed E-state index contributed by atoms with van der Waals surface area (Å²) < 4.78 is 0. The first-order valence-corrected chi connectivity index (χ1v) is 7.29. The van der Waals surface area contributed by atoms with Gasteiger partial charge in [-0.3, -0.25) is 0 Å². The fourth-order valence-corrected chi connectivity index (χ4v) is 3.86. The Labute approximate surface area is 111 Å². The summed E-state index contributed by atoms with van der Waals surface area (Å²) in [5, 5.41) is 9.38. The Morgan fingerprint density at radius 1 is 1.44 bits per heavy atom. The van der Waals surface area contributed by atoms with Crippen LogP contribution < -0.4 is 0 Å². The third-order valence-corrected chi connectivity index (χ3v) is 4.62. The van der Waals surface area contributed by atoms with Gasteiger partial charge >= 0.3 is 0 Å². The van der Waals surface area contributed by atoms with Gasteiger partial charge in [0, 0.05) is 23.7 Å². The lowest BCUT2D eigenvalue weighted by molar-refractivity contribution is 0.0437. The number of hydrogen-bond donors (Lipinski definition) is 1. The van der Waals surface area contributed by atoms with Crippen LogP contribution in [0.15, 0.2) is 23.4 Å². The van der Waals surface area contributed by atoms with Crippen molar-refractivity contribution in [3.05, 3.63) is 23.4 Å². The van der Waals surface area contributed by atoms with Crippen molar-refractivity contribution in [1.29, 1.82) is 0 Å². The van der Waals surface area contributed by atoms with Gasteiger partial charge in [0.1, 0.15) is 0 Å². The molecule has 102 valence electrons. The van der Waals surface area contributed by atoms with Crippen LogP contribution in [0.5, 0.6) is 0 Å². The molecule has 0 radical (unpaired) electrons. The molecule has 0 aromatic carbocycles. The first-order chi connectivity index (χ1) is 8.51. The van der Waals surface area contributed by atoms with Crippen LogP contribution in [0.3, 0.4) is 0 Å². The summed E-state index contributed by atoms with van der Waals surface area (Å²) in [7, 11) is 0. The van der Waals surface area contributed by atoms with Gasteiger partial charge in [-0.05, 0) is 44.6 Å². The van der Waals surface area contributed by atoms with E-state index in [-0.39, 0.29) is 12.1 Å². The predicted molar refractivity (Wildman–Crippen MR) is 76.2 cm³/mol. The smallest absolute Gasteiger partial charge is 0.0606 e. The molecule has 1 saturated heterocycles. The van der Waals surface area contributed by atoms with Crippen molar-refractivity contribution in [1.82, 2.24) is 4.90 Å². The van der Waals surface area contributed by atoms with Crippen LogP contribution in [0.25, 0.3) is 0 Å². The highest BCUT2D eigenvalue weighted by Gasteiger charge is 2.42. The van der Waals surface area contributed by atoms with Gasteiger partial charge in [-0.2, -0.15) is 0 Å². The van der Waals surface area contributed by atoms with E-state index in [9.17, 15) is 5.11 Å². The second-order valence-electron chi connectivity index (χ2n) is 6.38. The molecule has 1 N–H and O–H groups in total. The molecule has 2 unspecified atom stereocenters. The van der Waals surface area contributed by atoms with E-state index in [1.165, 1.54) is 17.7 Å². The summed E-state index contributed by atoms with van der Waals surface area (Å²) in [5.74, 6) is 1.39. The number of aliphatic hydroxyl groups is 1. The summed E-state index contributed by atoms with van der Waals surface area (Å²) in [6, 6.07) is 0. The zero-order chi connectivity index (χ0) is 13.3. The van der Waals surface area contributed by atoms with Crippen LogP contribution in [-0.4, -0.2) is 28.7 Å². The van der Waals surface area contributed by atoms with Gasteiger partial charge in [0.15, 0.2) is 0 Å². The maximum absolute atomic E-state index is 9.38. The molecule has 1 aliphatic heterocycles. The van der Waals surface area contributed by atoms with Crippen molar-refractivity contribution in [3.8, 4) is 0 Å². The highest BCUT2D eigenvalue weighted by atomic mass is 16.3. The van der Waals surface area contributed by atoms with Crippen LogP contribution in [0.4, 0.5) is 0 Å². The van der Waals surface area contributed by atoms with E-state index in [4.69, 9.17) is 0 Å². The second kappa shape index (κ2) is 5.08. The zero-order valence-corrected chi connectivity index (χ0v) is 12.2. The van der Waals surface area contributed by atoms with Crippen molar-refractivity contribution in [2.75, 3.05) is 13.2 Å². The van der Waals surface area contributed by atoms with E-state index < -0.39 is 0 Å². The Bertz CT molecular complexity index is 367. The summed E-state index contributed by atoms with van der Waals surface area (Å²) in [4.78, 5) is 2.47. The third kappa shape index (κ3) is 2.23. The van der Waals surface area contributed by atoms with E-state index in [0.29, 0.717) is 5.92 Å². The monoisotopic (exact) mass is 249 g/mol. The first-order valence-electron chi connectivity index (χ1n) is 7.29. The van der Waals surface area contributed by atoms with Gasteiger partial charge in [0.25, 0.3) is 0 Å². The molecule has 18 heavy (non-hydrogen) atoms. The molecular weight excluding hydrogens is 222 g/mol. The number of hydrogen-bond acceptors (Lipinski definition) is 2. The average molecular weight is 249 g/mol. The van der Waals surface area contributed by atoms with Crippen molar-refractivity contribution in [2.45, 2.75) is 52.5 Å². The molecule has 2 nitrogen and oxygen atoms in total. The van der Waals surface area contributed by atoms with Crippen molar-refractivity contribution in [2.24, 2.45) is 11.8 Å². The largest absolute Gasteiger partial charge is 0.395 e. The Balaban J connectivity index is 2.45. The maximum atomic E-state index is 9.38. The van der Waals surface area contributed by atoms with Crippen LogP contribution >= 0.6 is 0 Å². The Hall–Kier alpha value is -0.760. The molecule has 2 aliphatic rings. The van der Waals surface area contributed by atoms with Crippen LogP contribution in [0.2, 0.25) is 0 Å². The van der Waals surface area contributed by atoms with Gasteiger partial charge in [0.05, 0.1) is 6.61 Å². The van der Waals surface area contributed by atoms with Gasteiger partial charge in [-0.1, -0.05) is 26.0 Å². The number of fused-ring (bicyclic) bond motifs is 1. The summed E-state index contributed by atoms with van der Waals surface area (Å²) in [6.07, 6.45) is 8.10. The summed E-state index contributed by atoms with van der Waals surface area (Å²) in [6.45, 7) is 10.3. The standard InChI is InChI=1S/C16H27NO/c1-5-13-7-6-8-14-12(2)11-16(3,4)17(9-10-18)15(13)14/h6-7,12,14,18H,5,8-11H2,1-4H3. The fourth-order valence-electron chi connectivity index (χ4n) is 3.86. The normalized spacial score (nSPS) is 30.6. The van der Waals surface area contributed by atoms with Crippen LogP contribution in [0.1, 0.15) is 47.0 Å².